The van der Waals surface area contributed by atoms with Crippen LogP contribution < -0.4 is 14.9 Å². The summed E-state index contributed by atoms with van der Waals surface area (Å²) in [5.41, 5.74) is 2.23. The van der Waals surface area contributed by atoms with Gasteiger partial charge in [0.15, 0.2) is 4.80 Å². The number of thiazole rings is 1. The van der Waals surface area contributed by atoms with Gasteiger partial charge < -0.3 is 9.15 Å². The number of halogens is 2. The highest BCUT2D eigenvalue weighted by Crippen LogP contribution is 2.31. The van der Waals surface area contributed by atoms with E-state index >= 15 is 0 Å². The van der Waals surface area contributed by atoms with E-state index in [1.807, 2.05) is 36.4 Å². The van der Waals surface area contributed by atoms with Crippen LogP contribution in [0.25, 0.3) is 17.4 Å². The van der Waals surface area contributed by atoms with Gasteiger partial charge in [-0.25, -0.2) is 9.79 Å². The molecule has 35 heavy (non-hydrogen) atoms. The van der Waals surface area contributed by atoms with Crippen molar-refractivity contribution >= 4 is 57.6 Å². The molecule has 2 aromatic heterocycles. The molecule has 0 amide bonds. The summed E-state index contributed by atoms with van der Waals surface area (Å²) in [5, 5.41) is 0.559. The molecule has 0 saturated carbocycles. The smallest absolute Gasteiger partial charge is 0.338 e. The van der Waals surface area contributed by atoms with Gasteiger partial charge in [-0.3, -0.25) is 9.36 Å². The van der Waals surface area contributed by atoms with Crippen molar-refractivity contribution in [2.24, 2.45) is 4.99 Å². The predicted octanol–water partition coefficient (Wildman–Crippen LogP) is 4.93. The quantitative estimate of drug-likeness (QED) is 0.241. The van der Waals surface area contributed by atoms with E-state index in [0.717, 1.165) is 14.7 Å². The number of ether oxygens (including phenoxy) is 1. The molecule has 4 aromatic rings. The minimum Gasteiger partial charge on any atom is -0.466 e. The van der Waals surface area contributed by atoms with Crippen molar-refractivity contribution in [3.63, 3.8) is 0 Å². The predicted molar refractivity (Wildman–Crippen MR) is 144 cm³/mol. The Morgan fingerprint density at radius 3 is 2.54 bits per heavy atom. The number of benzene rings is 2. The third-order valence-electron chi connectivity index (χ3n) is 5.64. The molecule has 0 bridgehead atoms. The Bertz CT molecular complexity index is 1650. The summed E-state index contributed by atoms with van der Waals surface area (Å²) in [4.78, 5) is 31.3. The number of fused-ring (bicyclic) bond motifs is 1. The molecular formula is C26H18ClIN2O4S. The average Bonchev–Trinajstić information content (AvgIpc) is 3.43. The van der Waals surface area contributed by atoms with Crippen LogP contribution in [0.15, 0.2) is 86.1 Å². The summed E-state index contributed by atoms with van der Waals surface area (Å²) in [6.07, 6.45) is 1.70. The lowest BCUT2D eigenvalue weighted by atomic mass is 9.96. The van der Waals surface area contributed by atoms with E-state index in [9.17, 15) is 9.59 Å². The number of carbonyl (C=O) groups excluding carboxylic acids is 1. The summed E-state index contributed by atoms with van der Waals surface area (Å²) in [6.45, 7) is 1.74. The third kappa shape index (κ3) is 4.53. The Balaban J connectivity index is 1.64. The van der Waals surface area contributed by atoms with Gasteiger partial charge in [0, 0.05) is 20.2 Å². The van der Waals surface area contributed by atoms with Crippen molar-refractivity contribution in [3.8, 4) is 11.3 Å². The zero-order valence-electron chi connectivity index (χ0n) is 18.6. The molecule has 5 rings (SSSR count). The molecule has 176 valence electrons. The van der Waals surface area contributed by atoms with Crippen molar-refractivity contribution in [1.82, 2.24) is 4.57 Å². The first-order chi connectivity index (χ1) is 16.9. The Hall–Kier alpha value is -2.95. The van der Waals surface area contributed by atoms with Gasteiger partial charge in [0.2, 0.25) is 0 Å². The fraction of sp³-hybridized carbons (Fsp3) is 0.115. The van der Waals surface area contributed by atoms with E-state index in [2.05, 4.69) is 27.6 Å². The van der Waals surface area contributed by atoms with Crippen molar-refractivity contribution in [2.45, 2.75) is 13.0 Å². The van der Waals surface area contributed by atoms with E-state index in [1.165, 1.54) is 23.0 Å². The van der Waals surface area contributed by atoms with E-state index < -0.39 is 12.0 Å². The standard InChI is InChI=1S/C26H18ClIN2O4S/c1-14-22(25(32)33-2)23(16-3-7-17(27)8-4-16)30-24(31)21(35-26(30)29-14)13-19-11-12-20(34-19)15-5-9-18(28)10-6-15/h3-13,23H,1-2H3/b21-13-/t23-/m0/s1. The van der Waals surface area contributed by atoms with E-state index in [4.69, 9.17) is 20.8 Å². The van der Waals surface area contributed by atoms with Gasteiger partial charge >= 0.3 is 5.97 Å². The molecule has 3 heterocycles. The molecule has 0 spiro atoms. The lowest BCUT2D eigenvalue weighted by Crippen LogP contribution is -2.39. The largest absolute Gasteiger partial charge is 0.466 e. The molecular weight excluding hydrogens is 599 g/mol. The number of hydrogen-bond donors (Lipinski definition) is 0. The Labute approximate surface area is 223 Å². The Morgan fingerprint density at radius 1 is 1.14 bits per heavy atom. The SMILES string of the molecule is COC(=O)C1=C(C)N=c2s/c(=C\c3ccc(-c4ccc(I)cc4)o3)c(=O)n2[C@H]1c1ccc(Cl)cc1. The van der Waals surface area contributed by atoms with Crippen molar-refractivity contribution in [1.29, 1.82) is 0 Å². The number of nitrogens with zero attached hydrogens (tertiary/aromatic N) is 2. The first-order valence-electron chi connectivity index (χ1n) is 10.6. The second-order valence-electron chi connectivity index (χ2n) is 7.83. The molecule has 0 saturated heterocycles. The minimum absolute atomic E-state index is 0.269. The second-order valence-corrected chi connectivity index (χ2v) is 10.5. The molecule has 6 nitrogen and oxygen atoms in total. The van der Waals surface area contributed by atoms with Gasteiger partial charge in [-0.1, -0.05) is 47.2 Å². The molecule has 1 atom stereocenters. The van der Waals surface area contributed by atoms with Crippen molar-refractivity contribution < 1.29 is 13.9 Å². The van der Waals surface area contributed by atoms with Crippen LogP contribution in [0.3, 0.4) is 0 Å². The van der Waals surface area contributed by atoms with Crippen LogP contribution in [0.4, 0.5) is 0 Å². The third-order valence-corrected chi connectivity index (χ3v) is 7.60. The van der Waals surface area contributed by atoms with Gasteiger partial charge in [0.05, 0.1) is 29.0 Å². The highest BCUT2D eigenvalue weighted by atomic mass is 127. The number of furan rings is 1. The zero-order valence-corrected chi connectivity index (χ0v) is 22.3. The Morgan fingerprint density at radius 2 is 1.86 bits per heavy atom. The van der Waals surface area contributed by atoms with E-state index in [-0.39, 0.29) is 5.56 Å². The van der Waals surface area contributed by atoms with Gasteiger partial charge in [0.1, 0.15) is 11.5 Å². The molecule has 0 fully saturated rings. The van der Waals surface area contributed by atoms with E-state index in [0.29, 0.717) is 37.1 Å². The first-order valence-corrected chi connectivity index (χ1v) is 12.8. The molecule has 0 unspecified atom stereocenters. The van der Waals surface area contributed by atoms with Gasteiger partial charge in [-0.05, 0) is 71.5 Å². The first kappa shape index (κ1) is 23.8. The number of carbonyl (C=O) groups is 1. The number of methoxy groups -OCH3 is 1. The van der Waals surface area contributed by atoms with E-state index in [1.54, 1.807) is 37.3 Å². The number of hydrogen-bond acceptors (Lipinski definition) is 6. The van der Waals surface area contributed by atoms with Crippen molar-refractivity contribution in [3.05, 3.63) is 112 Å². The fourth-order valence-electron chi connectivity index (χ4n) is 3.98. The topological polar surface area (TPSA) is 73.8 Å². The lowest BCUT2D eigenvalue weighted by molar-refractivity contribution is -0.136. The molecule has 9 heteroatoms. The Kier molecular flexibility index (Phi) is 6.52. The monoisotopic (exact) mass is 616 g/mol. The van der Waals surface area contributed by atoms with Crippen LogP contribution in [-0.4, -0.2) is 17.6 Å². The lowest BCUT2D eigenvalue weighted by Gasteiger charge is -2.24. The number of allylic oxidation sites excluding steroid dienone is 1. The van der Waals surface area contributed by atoms with Crippen LogP contribution in [0, 0.1) is 3.57 Å². The number of aromatic nitrogens is 1. The highest BCUT2D eigenvalue weighted by molar-refractivity contribution is 14.1. The average molecular weight is 617 g/mol. The summed E-state index contributed by atoms with van der Waals surface area (Å²) in [7, 11) is 1.31. The summed E-state index contributed by atoms with van der Waals surface area (Å²) >= 11 is 9.58. The van der Waals surface area contributed by atoms with Crippen LogP contribution in [0.1, 0.15) is 24.3 Å². The molecule has 0 aliphatic carbocycles. The van der Waals surface area contributed by atoms with Gasteiger partial charge in [-0.15, -0.1) is 0 Å². The summed E-state index contributed by atoms with van der Waals surface area (Å²) in [6, 6.07) is 18.1. The maximum absolute atomic E-state index is 13.6. The summed E-state index contributed by atoms with van der Waals surface area (Å²) in [5.74, 6) is 0.729. The minimum atomic E-state index is -0.683. The van der Waals surface area contributed by atoms with Crippen LogP contribution in [0.5, 0.6) is 0 Å². The molecule has 2 aromatic carbocycles. The second kappa shape index (κ2) is 9.60. The highest BCUT2D eigenvalue weighted by Gasteiger charge is 2.33. The number of esters is 1. The summed E-state index contributed by atoms with van der Waals surface area (Å²) < 4.78 is 14.1. The van der Waals surface area contributed by atoms with Crippen molar-refractivity contribution in [2.75, 3.05) is 7.11 Å². The molecule has 1 aliphatic heterocycles. The number of rotatable bonds is 4. The maximum Gasteiger partial charge on any atom is 0.338 e. The zero-order chi connectivity index (χ0) is 24.7. The fourth-order valence-corrected chi connectivity index (χ4v) is 5.49. The molecule has 0 radical (unpaired) electrons. The van der Waals surface area contributed by atoms with Crippen LogP contribution in [0.2, 0.25) is 5.02 Å². The van der Waals surface area contributed by atoms with Crippen LogP contribution in [-0.2, 0) is 9.53 Å². The maximum atomic E-state index is 13.6. The van der Waals surface area contributed by atoms with Gasteiger partial charge in [0.25, 0.3) is 5.56 Å². The molecule has 1 aliphatic rings. The molecule has 0 N–H and O–H groups in total. The van der Waals surface area contributed by atoms with Gasteiger partial charge in [-0.2, -0.15) is 0 Å². The normalized spacial score (nSPS) is 15.7. The van der Waals surface area contributed by atoms with Crippen LogP contribution >= 0.6 is 45.5 Å².